The first-order valence-corrected chi connectivity index (χ1v) is 5.47. The highest BCUT2D eigenvalue weighted by atomic mass is 19.4. The van der Waals surface area contributed by atoms with Gasteiger partial charge in [0.25, 0.3) is 0 Å². The zero-order valence-electron chi connectivity index (χ0n) is 9.33. The van der Waals surface area contributed by atoms with E-state index in [0.717, 1.165) is 31.2 Å². The number of unbranched alkanes of at least 4 members (excludes halogenated alkanes) is 2. The summed E-state index contributed by atoms with van der Waals surface area (Å²) in [6, 6.07) is 5.88. The third kappa shape index (κ3) is 6.16. The van der Waals surface area contributed by atoms with E-state index in [4.69, 9.17) is 5.11 Å². The van der Waals surface area contributed by atoms with E-state index in [9.17, 15) is 13.2 Å². The van der Waals surface area contributed by atoms with Gasteiger partial charge in [0.05, 0.1) is 0 Å². The Kier molecular flexibility index (Phi) is 5.28. The number of aliphatic hydroxyl groups is 1. The van der Waals surface area contributed by atoms with Gasteiger partial charge in [0, 0.05) is 6.61 Å². The Balaban J connectivity index is 2.39. The molecule has 17 heavy (non-hydrogen) atoms. The second kappa shape index (κ2) is 6.49. The summed E-state index contributed by atoms with van der Waals surface area (Å²) in [6.45, 7) is 0.179. The van der Waals surface area contributed by atoms with Crippen molar-refractivity contribution in [1.29, 1.82) is 0 Å². The van der Waals surface area contributed by atoms with Crippen LogP contribution in [0.15, 0.2) is 24.3 Å². The van der Waals surface area contributed by atoms with E-state index >= 15 is 0 Å². The van der Waals surface area contributed by atoms with Crippen molar-refractivity contribution in [3.8, 4) is 5.75 Å². The van der Waals surface area contributed by atoms with Gasteiger partial charge in [-0.05, 0) is 37.0 Å². The van der Waals surface area contributed by atoms with Crippen LogP contribution in [0.25, 0.3) is 0 Å². The minimum atomic E-state index is -4.64. The molecule has 0 bridgehead atoms. The molecule has 0 amide bonds. The van der Waals surface area contributed by atoms with Crippen LogP contribution in [0.4, 0.5) is 13.2 Å². The van der Waals surface area contributed by atoms with Crippen molar-refractivity contribution in [1.82, 2.24) is 0 Å². The molecule has 1 aromatic rings. The van der Waals surface area contributed by atoms with Gasteiger partial charge in [-0.1, -0.05) is 18.6 Å². The molecule has 96 valence electrons. The maximum absolute atomic E-state index is 11.9. The number of hydrogen-bond acceptors (Lipinski definition) is 2. The minimum absolute atomic E-state index is 0.179. The molecule has 0 saturated carbocycles. The number of ether oxygens (including phenoxy) is 1. The van der Waals surface area contributed by atoms with Crippen molar-refractivity contribution < 1.29 is 23.0 Å². The topological polar surface area (TPSA) is 29.5 Å². The van der Waals surface area contributed by atoms with Crippen LogP contribution in [0.2, 0.25) is 0 Å². The molecule has 0 heterocycles. The van der Waals surface area contributed by atoms with Crippen LogP contribution in [0.5, 0.6) is 5.75 Å². The normalized spacial score (nSPS) is 11.5. The Morgan fingerprint density at radius 3 is 2.18 bits per heavy atom. The molecular weight excluding hydrogens is 233 g/mol. The average molecular weight is 248 g/mol. The van der Waals surface area contributed by atoms with E-state index in [1.165, 1.54) is 12.1 Å². The fraction of sp³-hybridized carbons (Fsp3) is 0.500. The Morgan fingerprint density at radius 1 is 1.00 bits per heavy atom. The van der Waals surface area contributed by atoms with Crippen molar-refractivity contribution in [2.75, 3.05) is 6.61 Å². The lowest BCUT2D eigenvalue weighted by atomic mass is 10.1. The summed E-state index contributed by atoms with van der Waals surface area (Å²) < 4.78 is 39.4. The zero-order valence-corrected chi connectivity index (χ0v) is 9.33. The first kappa shape index (κ1) is 13.8. The van der Waals surface area contributed by atoms with E-state index in [1.807, 2.05) is 0 Å². The molecule has 0 aromatic heterocycles. The van der Waals surface area contributed by atoms with Gasteiger partial charge < -0.3 is 9.84 Å². The summed E-state index contributed by atoms with van der Waals surface area (Å²) >= 11 is 0. The number of halogens is 3. The largest absolute Gasteiger partial charge is 0.573 e. The number of alkyl halides is 3. The molecule has 5 heteroatoms. The van der Waals surface area contributed by atoms with Gasteiger partial charge in [0.15, 0.2) is 0 Å². The Bertz CT molecular complexity index is 320. The van der Waals surface area contributed by atoms with E-state index < -0.39 is 6.36 Å². The summed E-state index contributed by atoms with van der Waals surface area (Å²) in [7, 11) is 0. The fourth-order valence-electron chi connectivity index (χ4n) is 1.48. The van der Waals surface area contributed by atoms with Crippen LogP contribution in [0, 0.1) is 0 Å². The van der Waals surface area contributed by atoms with Crippen LogP contribution in [0.3, 0.4) is 0 Å². The van der Waals surface area contributed by atoms with Gasteiger partial charge in [-0.15, -0.1) is 13.2 Å². The van der Waals surface area contributed by atoms with E-state index in [2.05, 4.69) is 4.74 Å². The lowest BCUT2D eigenvalue weighted by Crippen LogP contribution is -2.17. The number of aryl methyl sites for hydroxylation is 1. The smallest absolute Gasteiger partial charge is 0.406 e. The number of rotatable bonds is 6. The molecule has 0 fully saturated rings. The van der Waals surface area contributed by atoms with Crippen molar-refractivity contribution in [2.24, 2.45) is 0 Å². The van der Waals surface area contributed by atoms with E-state index in [0.29, 0.717) is 0 Å². The van der Waals surface area contributed by atoms with Crippen LogP contribution in [-0.2, 0) is 6.42 Å². The summed E-state index contributed by atoms with van der Waals surface area (Å²) in [5.74, 6) is -0.198. The Morgan fingerprint density at radius 2 is 1.65 bits per heavy atom. The molecule has 1 N–H and O–H groups in total. The molecule has 1 aromatic carbocycles. The highest BCUT2D eigenvalue weighted by Crippen LogP contribution is 2.23. The summed E-state index contributed by atoms with van der Waals surface area (Å²) in [5.41, 5.74) is 0.970. The Labute approximate surface area is 98.0 Å². The van der Waals surface area contributed by atoms with Crippen molar-refractivity contribution in [2.45, 2.75) is 32.0 Å². The lowest BCUT2D eigenvalue weighted by Gasteiger charge is -2.09. The predicted octanol–water partition coefficient (Wildman–Crippen LogP) is 3.29. The lowest BCUT2D eigenvalue weighted by molar-refractivity contribution is -0.274. The van der Waals surface area contributed by atoms with Crippen LogP contribution >= 0.6 is 0 Å². The first-order chi connectivity index (χ1) is 8.01. The number of benzene rings is 1. The standard InChI is InChI=1S/C12H15F3O2/c13-12(14,15)17-11-7-5-10(6-8-11)4-2-1-3-9-16/h5-8,16H,1-4,9H2. The molecule has 0 atom stereocenters. The van der Waals surface area contributed by atoms with Gasteiger partial charge >= 0.3 is 6.36 Å². The van der Waals surface area contributed by atoms with E-state index in [1.54, 1.807) is 12.1 Å². The maximum atomic E-state index is 11.9. The molecular formula is C12H15F3O2. The number of aliphatic hydroxyl groups excluding tert-OH is 1. The SMILES string of the molecule is OCCCCCc1ccc(OC(F)(F)F)cc1. The average Bonchev–Trinajstić information content (AvgIpc) is 2.25. The molecule has 0 aliphatic rings. The van der Waals surface area contributed by atoms with Crippen LogP contribution in [-0.4, -0.2) is 18.1 Å². The van der Waals surface area contributed by atoms with Gasteiger partial charge in [-0.3, -0.25) is 0 Å². The monoisotopic (exact) mass is 248 g/mol. The molecule has 0 aliphatic carbocycles. The molecule has 0 aliphatic heterocycles. The maximum Gasteiger partial charge on any atom is 0.573 e. The fourth-order valence-corrected chi connectivity index (χ4v) is 1.48. The van der Waals surface area contributed by atoms with Gasteiger partial charge in [0.2, 0.25) is 0 Å². The van der Waals surface area contributed by atoms with Crippen molar-refractivity contribution in [3.63, 3.8) is 0 Å². The van der Waals surface area contributed by atoms with Gasteiger partial charge in [0.1, 0.15) is 5.75 Å². The highest BCUT2D eigenvalue weighted by Gasteiger charge is 2.30. The van der Waals surface area contributed by atoms with Gasteiger partial charge in [-0.2, -0.15) is 0 Å². The molecule has 0 spiro atoms. The molecule has 0 unspecified atom stereocenters. The zero-order chi connectivity index (χ0) is 12.7. The quantitative estimate of drug-likeness (QED) is 0.783. The molecule has 0 radical (unpaired) electrons. The first-order valence-electron chi connectivity index (χ1n) is 5.47. The molecule has 1 rings (SSSR count). The Hall–Kier alpha value is -1.23. The van der Waals surface area contributed by atoms with Crippen LogP contribution < -0.4 is 4.74 Å². The summed E-state index contributed by atoms with van der Waals surface area (Å²) in [4.78, 5) is 0. The molecule has 0 saturated heterocycles. The minimum Gasteiger partial charge on any atom is -0.406 e. The van der Waals surface area contributed by atoms with Crippen molar-refractivity contribution in [3.05, 3.63) is 29.8 Å². The van der Waals surface area contributed by atoms with Crippen LogP contribution in [0.1, 0.15) is 24.8 Å². The predicted molar refractivity (Wildman–Crippen MR) is 57.8 cm³/mol. The second-order valence-electron chi connectivity index (χ2n) is 3.73. The second-order valence-corrected chi connectivity index (χ2v) is 3.73. The van der Waals surface area contributed by atoms with E-state index in [-0.39, 0.29) is 12.4 Å². The summed E-state index contributed by atoms with van der Waals surface area (Å²) in [5, 5.41) is 8.58. The van der Waals surface area contributed by atoms with Crippen molar-refractivity contribution >= 4 is 0 Å². The summed E-state index contributed by atoms with van der Waals surface area (Å²) in [6.07, 6.45) is -1.25. The highest BCUT2D eigenvalue weighted by molar-refractivity contribution is 5.27. The molecule has 2 nitrogen and oxygen atoms in total. The number of hydrogen-bond donors (Lipinski definition) is 1. The third-order valence-corrected chi connectivity index (χ3v) is 2.28. The third-order valence-electron chi connectivity index (χ3n) is 2.28. The van der Waals surface area contributed by atoms with Gasteiger partial charge in [-0.25, -0.2) is 0 Å².